The van der Waals surface area contributed by atoms with Crippen molar-refractivity contribution in [2.45, 2.75) is 0 Å². The van der Waals surface area contributed by atoms with Gasteiger partial charge in [0.05, 0.1) is 0 Å². The van der Waals surface area contributed by atoms with Crippen LogP contribution in [-0.2, 0) is 104 Å². The summed E-state index contributed by atoms with van der Waals surface area (Å²) >= 11 is 0. The van der Waals surface area contributed by atoms with E-state index in [1.807, 2.05) is 0 Å². The van der Waals surface area contributed by atoms with Crippen LogP contribution in [-0.4, -0.2) is 0 Å². The number of hydrogen-bond acceptors (Lipinski definition) is 0. The van der Waals surface area contributed by atoms with E-state index in [9.17, 15) is 0 Å². The standard InChI is InChI=1S/3Co.2O.Pt.Ti/q3*+2;2*-2;+2;+4. The maximum atomic E-state index is 0. The normalized spacial score (nSPS) is 0. The first-order valence-corrected chi connectivity index (χ1v) is 0. The molecule has 7 heavy (non-hydrogen) atoms. The predicted molar refractivity (Wildman–Crippen MR) is 1.37 cm³/mol. The Balaban J connectivity index is 0. The smallest absolute Gasteiger partial charge is 2.00 e. The minimum atomic E-state index is 0. The minimum Gasteiger partial charge on any atom is -2.00 e. The van der Waals surface area contributed by atoms with E-state index in [0.717, 1.165) is 0 Å². The van der Waals surface area contributed by atoms with Gasteiger partial charge in [-0.3, -0.25) is 0 Å². The van der Waals surface area contributed by atoms with Crippen molar-refractivity contribution in [1.29, 1.82) is 0 Å². The van der Waals surface area contributed by atoms with Crippen LogP contribution >= 0.6 is 0 Å². The van der Waals surface area contributed by atoms with Gasteiger partial charge in [-0.15, -0.1) is 0 Å². The van der Waals surface area contributed by atoms with Gasteiger partial charge in [-0.25, -0.2) is 0 Å². The molecule has 0 aromatic heterocycles. The summed E-state index contributed by atoms with van der Waals surface area (Å²) in [6.45, 7) is 0. The van der Waals surface area contributed by atoms with Gasteiger partial charge in [0.15, 0.2) is 0 Å². The molecule has 0 fully saturated rings. The van der Waals surface area contributed by atoms with Gasteiger partial charge in [-0.1, -0.05) is 0 Å². The zero-order valence-electron chi connectivity index (χ0n) is 2.63. The molecule has 0 bridgehead atoms. The van der Waals surface area contributed by atoms with Crippen molar-refractivity contribution in [2.75, 3.05) is 0 Å². The van der Waals surface area contributed by atoms with Gasteiger partial charge in [-0.2, -0.15) is 0 Å². The zero-order chi connectivity index (χ0) is 0. The molecule has 7 heteroatoms. The summed E-state index contributed by atoms with van der Waals surface area (Å²) in [6.07, 6.45) is 0. The molecule has 0 aliphatic carbocycles. The van der Waals surface area contributed by atoms with Gasteiger partial charge in [0.2, 0.25) is 0 Å². The monoisotopic (exact) mass is 452 g/mol. The van der Waals surface area contributed by atoms with E-state index in [-0.39, 0.29) is 104 Å². The van der Waals surface area contributed by atoms with Crippen LogP contribution < -0.4 is 0 Å². The Bertz CT molecular complexity index is 12.9. The quantitative estimate of drug-likeness (QED) is 0.456. The van der Waals surface area contributed by atoms with Crippen LogP contribution in [0.15, 0.2) is 0 Å². The Morgan fingerprint density at radius 2 is 0.571 bits per heavy atom. The van der Waals surface area contributed by atoms with Crippen molar-refractivity contribution >= 4 is 0 Å². The van der Waals surface area contributed by atoms with Gasteiger partial charge in [0.1, 0.15) is 0 Å². The molecule has 0 saturated carbocycles. The van der Waals surface area contributed by atoms with Crippen LogP contribution in [0.2, 0.25) is 0 Å². The third-order valence-electron chi connectivity index (χ3n) is 0. The van der Waals surface area contributed by atoms with E-state index in [2.05, 4.69) is 0 Å². The molecule has 0 N–H and O–H groups in total. The van der Waals surface area contributed by atoms with Crippen molar-refractivity contribution in [1.82, 2.24) is 0 Å². The fraction of sp³-hybridized carbons (Fsp3) is 0. The van der Waals surface area contributed by atoms with Crippen LogP contribution in [0, 0.1) is 0 Å². The Kier molecular flexibility index (Phi) is 916. The summed E-state index contributed by atoms with van der Waals surface area (Å²) in [7, 11) is 0. The van der Waals surface area contributed by atoms with Gasteiger partial charge in [0.25, 0.3) is 0 Å². The molecule has 3 radical (unpaired) electrons. The van der Waals surface area contributed by atoms with Gasteiger partial charge in [0, 0.05) is 0 Å². The van der Waals surface area contributed by atoms with E-state index < -0.39 is 0 Å². The van der Waals surface area contributed by atoms with Crippen LogP contribution in [0.1, 0.15) is 0 Å². The van der Waals surface area contributed by atoms with Crippen molar-refractivity contribution in [3.63, 3.8) is 0 Å². The fourth-order valence-electron chi connectivity index (χ4n) is 0. The first-order valence-electron chi connectivity index (χ1n) is 0. The second kappa shape index (κ2) is 67.3. The maximum Gasteiger partial charge on any atom is 4.00 e. The summed E-state index contributed by atoms with van der Waals surface area (Å²) in [6, 6.07) is 0. The molecule has 0 unspecified atom stereocenters. The third-order valence-corrected chi connectivity index (χ3v) is 0. The Labute approximate surface area is 103 Å². The third kappa shape index (κ3) is 51.2. The molecular weight excluding hydrogens is 452 g/mol. The van der Waals surface area contributed by atoms with Crippen LogP contribution in [0.5, 0.6) is 0 Å². The molecule has 0 atom stereocenters. The second-order valence-electron chi connectivity index (χ2n) is 0. The molecule has 0 aromatic rings. The molecule has 0 aliphatic rings. The molecule has 0 rings (SSSR count). The van der Waals surface area contributed by atoms with Crippen LogP contribution in [0.4, 0.5) is 0 Å². The molecule has 0 aromatic carbocycles. The molecule has 0 spiro atoms. The van der Waals surface area contributed by atoms with Gasteiger partial charge >= 0.3 is 93.1 Å². The van der Waals surface area contributed by atoms with Crippen molar-refractivity contribution in [3.8, 4) is 0 Å². The van der Waals surface area contributed by atoms with E-state index in [1.165, 1.54) is 0 Å². The van der Waals surface area contributed by atoms with Gasteiger partial charge < -0.3 is 11.0 Å². The average Bonchev–Trinajstić information content (AvgIpc) is 0. The number of hydrogen-bond donors (Lipinski definition) is 0. The maximum absolute atomic E-state index is 0. The fourth-order valence-corrected chi connectivity index (χ4v) is 0. The first-order chi connectivity index (χ1) is 0. The Hall–Kier alpha value is 2.84. The molecular formula is Co3O2PtTi+8. The van der Waals surface area contributed by atoms with E-state index >= 15 is 0 Å². The van der Waals surface area contributed by atoms with Gasteiger partial charge in [-0.05, 0) is 0 Å². The minimum absolute atomic E-state index is 0. The number of rotatable bonds is 0. The van der Waals surface area contributed by atoms with E-state index in [1.54, 1.807) is 0 Å². The Morgan fingerprint density at radius 3 is 0.571 bits per heavy atom. The zero-order valence-corrected chi connectivity index (χ0v) is 9.59. The summed E-state index contributed by atoms with van der Waals surface area (Å²) in [5.41, 5.74) is 0. The SMILES string of the molecule is [Co+2].[Co+2].[Co+2].[O-2].[O-2].[Pt+2].[Ti+4]. The first kappa shape index (κ1) is 95.3. The summed E-state index contributed by atoms with van der Waals surface area (Å²) < 4.78 is 0. The molecule has 0 aliphatic heterocycles. The van der Waals surface area contributed by atoms with Crippen molar-refractivity contribution in [2.24, 2.45) is 0 Å². The van der Waals surface area contributed by atoms with E-state index in [4.69, 9.17) is 0 Å². The molecule has 45 valence electrons. The molecule has 2 nitrogen and oxygen atoms in total. The van der Waals surface area contributed by atoms with Crippen LogP contribution in [0.3, 0.4) is 0 Å². The largest absolute Gasteiger partial charge is 4.00 e. The van der Waals surface area contributed by atoms with Crippen LogP contribution in [0.25, 0.3) is 0 Å². The van der Waals surface area contributed by atoms with Crippen molar-refractivity contribution in [3.05, 3.63) is 0 Å². The predicted octanol–water partition coefficient (Wildman–Crippen LogP) is -0.250. The topological polar surface area (TPSA) is 57.0 Å². The molecule has 0 saturated heterocycles. The Morgan fingerprint density at radius 1 is 0.571 bits per heavy atom. The summed E-state index contributed by atoms with van der Waals surface area (Å²) in [5.74, 6) is 0. The average molecular weight is 452 g/mol. The second-order valence-corrected chi connectivity index (χ2v) is 0. The van der Waals surface area contributed by atoms with E-state index in [0.29, 0.717) is 0 Å². The summed E-state index contributed by atoms with van der Waals surface area (Å²) in [4.78, 5) is 0. The summed E-state index contributed by atoms with van der Waals surface area (Å²) in [5, 5.41) is 0. The molecule has 0 heterocycles. The molecule has 0 amide bonds. The van der Waals surface area contributed by atoms with Crippen molar-refractivity contribution < 1.29 is 104 Å².